The molecule has 0 aromatic heterocycles. The van der Waals surface area contributed by atoms with Gasteiger partial charge in [-0.1, -0.05) is 19.7 Å². The zero-order valence-electron chi connectivity index (χ0n) is 16.6. The molecule has 0 aromatic rings. The normalized spacial score (nSPS) is 9.63. The Morgan fingerprint density at radius 1 is 0.963 bits per heavy atom. The molecule has 0 aliphatic carbocycles. The van der Waals surface area contributed by atoms with E-state index in [4.69, 9.17) is 9.47 Å². The Morgan fingerprint density at radius 2 is 1.30 bits per heavy atom. The molecule has 0 saturated heterocycles. The van der Waals surface area contributed by atoms with Crippen LogP contribution in [-0.2, 0) is 23.9 Å². The number of nitrogens with one attached hydrogen (secondary N) is 2. The summed E-state index contributed by atoms with van der Waals surface area (Å²) in [6.07, 6.45) is 2.16. The maximum absolute atomic E-state index is 11.2. The molecule has 0 aliphatic heterocycles. The fraction of sp³-hybridized carbons (Fsp3) is 0.526. The summed E-state index contributed by atoms with van der Waals surface area (Å²) >= 11 is 0. The smallest absolute Gasteiger partial charge is 0.246 e. The predicted molar refractivity (Wildman–Crippen MR) is 106 cm³/mol. The van der Waals surface area contributed by atoms with Gasteiger partial charge in [0.25, 0.3) is 0 Å². The number of amides is 3. The lowest BCUT2D eigenvalue weighted by atomic mass is 10.3. The van der Waals surface area contributed by atoms with Crippen LogP contribution in [-0.4, -0.2) is 50.3 Å². The van der Waals surface area contributed by atoms with Crippen LogP contribution in [0.25, 0.3) is 0 Å². The zero-order chi connectivity index (χ0) is 21.2. The zero-order valence-corrected chi connectivity index (χ0v) is 16.6. The summed E-state index contributed by atoms with van der Waals surface area (Å²) in [5.41, 5.74) is 5.53. The number of nitrogens with two attached hydrogens (primary N) is 1. The van der Waals surface area contributed by atoms with Gasteiger partial charge in [0.1, 0.15) is 0 Å². The second-order valence-corrected chi connectivity index (χ2v) is 5.70. The highest BCUT2D eigenvalue weighted by Crippen LogP contribution is 1.96. The molecule has 0 atom stereocenters. The Morgan fingerprint density at radius 3 is 1.56 bits per heavy atom. The van der Waals surface area contributed by atoms with E-state index in [9.17, 15) is 14.4 Å². The minimum absolute atomic E-state index is 0.138. The molecule has 0 saturated carbocycles. The molecule has 8 nitrogen and oxygen atoms in total. The van der Waals surface area contributed by atoms with Crippen LogP contribution in [0.1, 0.15) is 33.6 Å². The summed E-state index contributed by atoms with van der Waals surface area (Å²) in [4.78, 5) is 31.9. The lowest BCUT2D eigenvalue weighted by molar-refractivity contribution is -0.131. The number of hydrogen-bond acceptors (Lipinski definition) is 5. The summed E-state index contributed by atoms with van der Waals surface area (Å²) in [5.74, 6) is -0.757. The second kappa shape index (κ2) is 17.0. The number of hydrogen-bond donors (Lipinski definition) is 3. The molecule has 8 heteroatoms. The van der Waals surface area contributed by atoms with Gasteiger partial charge in [0.2, 0.25) is 17.7 Å². The molecule has 0 rings (SSSR count). The van der Waals surface area contributed by atoms with Gasteiger partial charge in [0, 0.05) is 24.2 Å². The van der Waals surface area contributed by atoms with Crippen LogP contribution in [0.15, 0.2) is 37.0 Å². The molecule has 0 bridgehead atoms. The van der Waals surface area contributed by atoms with Gasteiger partial charge in [-0.25, -0.2) is 0 Å². The van der Waals surface area contributed by atoms with Crippen molar-refractivity contribution in [2.24, 2.45) is 5.73 Å². The number of rotatable bonds is 13. The monoisotopic (exact) mass is 383 g/mol. The molecule has 0 radical (unpaired) electrons. The summed E-state index contributed by atoms with van der Waals surface area (Å²) in [7, 11) is 0. The van der Waals surface area contributed by atoms with Crippen LogP contribution in [0.3, 0.4) is 0 Å². The van der Waals surface area contributed by atoms with E-state index >= 15 is 0 Å². The van der Waals surface area contributed by atoms with Crippen LogP contribution in [0.4, 0.5) is 0 Å². The Hall–Kier alpha value is -2.45. The number of carbonyl (C=O) groups is 3. The van der Waals surface area contributed by atoms with Crippen LogP contribution in [0.5, 0.6) is 0 Å². The molecule has 0 aliphatic rings. The van der Waals surface area contributed by atoms with Gasteiger partial charge in [-0.2, -0.15) is 0 Å². The third kappa shape index (κ3) is 19.7. The van der Waals surface area contributed by atoms with Crippen LogP contribution < -0.4 is 16.4 Å². The largest absolute Gasteiger partial charge is 0.366 e. The van der Waals surface area contributed by atoms with Crippen molar-refractivity contribution in [3.8, 4) is 0 Å². The maximum Gasteiger partial charge on any atom is 0.246 e. The van der Waals surface area contributed by atoms with Gasteiger partial charge in [-0.15, -0.1) is 0 Å². The van der Waals surface area contributed by atoms with E-state index in [-0.39, 0.29) is 18.1 Å². The lowest BCUT2D eigenvalue weighted by Gasteiger charge is -2.14. The van der Waals surface area contributed by atoms with E-state index in [1.807, 2.05) is 6.92 Å². The van der Waals surface area contributed by atoms with Gasteiger partial charge in [-0.3, -0.25) is 14.4 Å². The molecule has 3 amide bonds. The highest BCUT2D eigenvalue weighted by atomic mass is 16.7. The fourth-order valence-electron chi connectivity index (χ4n) is 1.40. The summed E-state index contributed by atoms with van der Waals surface area (Å²) in [6.45, 7) is 17.5. The van der Waals surface area contributed by atoms with Crippen LogP contribution in [0, 0.1) is 0 Å². The van der Waals surface area contributed by atoms with Crippen molar-refractivity contribution in [2.75, 3.05) is 26.3 Å². The van der Waals surface area contributed by atoms with E-state index in [2.05, 4.69) is 36.1 Å². The minimum atomic E-state index is -0.481. The minimum Gasteiger partial charge on any atom is -0.366 e. The highest BCUT2D eigenvalue weighted by molar-refractivity contribution is 5.92. The van der Waals surface area contributed by atoms with Crippen molar-refractivity contribution < 1.29 is 23.9 Å². The Kier molecular flexibility index (Phi) is 16.8. The SMILES string of the molecule is C=C(C)C(=O)NCCCOC(C)OCCCNC(=O)C(=C)C.C=CC(N)=O. The molecule has 0 spiro atoms. The molecule has 0 fully saturated rings. The van der Waals surface area contributed by atoms with Gasteiger partial charge < -0.3 is 25.8 Å². The first-order chi connectivity index (χ1) is 12.6. The van der Waals surface area contributed by atoms with Crippen molar-refractivity contribution in [3.05, 3.63) is 37.0 Å². The molecule has 4 N–H and O–H groups in total. The molecular weight excluding hydrogens is 350 g/mol. The van der Waals surface area contributed by atoms with Crippen LogP contribution in [0.2, 0.25) is 0 Å². The van der Waals surface area contributed by atoms with Crippen molar-refractivity contribution in [1.82, 2.24) is 10.6 Å². The van der Waals surface area contributed by atoms with E-state index in [0.29, 0.717) is 50.3 Å². The van der Waals surface area contributed by atoms with Crippen LogP contribution >= 0.6 is 0 Å². The van der Waals surface area contributed by atoms with E-state index in [1.165, 1.54) is 0 Å². The van der Waals surface area contributed by atoms with E-state index in [1.54, 1.807) is 13.8 Å². The molecule has 27 heavy (non-hydrogen) atoms. The average molecular weight is 383 g/mol. The molecule has 154 valence electrons. The lowest BCUT2D eigenvalue weighted by Crippen LogP contribution is -2.27. The third-order valence-corrected chi connectivity index (χ3v) is 2.89. The molecule has 0 heterocycles. The predicted octanol–water partition coefficient (Wildman–Crippen LogP) is 1.19. The number of primary amides is 1. The van der Waals surface area contributed by atoms with Crippen molar-refractivity contribution in [3.63, 3.8) is 0 Å². The van der Waals surface area contributed by atoms with E-state index in [0.717, 1.165) is 6.08 Å². The van der Waals surface area contributed by atoms with Crippen molar-refractivity contribution in [1.29, 1.82) is 0 Å². The first-order valence-corrected chi connectivity index (χ1v) is 8.64. The summed E-state index contributed by atoms with van der Waals surface area (Å²) < 4.78 is 10.9. The Bertz CT molecular complexity index is 481. The average Bonchev–Trinajstić information content (AvgIpc) is 2.60. The molecule has 0 unspecified atom stereocenters. The van der Waals surface area contributed by atoms with Crippen molar-refractivity contribution in [2.45, 2.75) is 39.9 Å². The van der Waals surface area contributed by atoms with Gasteiger partial charge >= 0.3 is 0 Å². The molecule has 0 aromatic carbocycles. The first-order valence-electron chi connectivity index (χ1n) is 8.64. The standard InChI is InChI=1S/C16H28N2O4.C3H5NO/c1-12(2)15(19)17-8-6-10-21-14(5)22-11-7-9-18-16(20)13(3)4;1-2-3(4)5/h14H,1,3,6-11H2,2,4-5H3,(H,17,19)(H,18,20);2H,1H2,(H2,4,5). The number of carbonyl (C=O) groups excluding carboxylic acids is 3. The second-order valence-electron chi connectivity index (χ2n) is 5.70. The van der Waals surface area contributed by atoms with E-state index < -0.39 is 5.91 Å². The number of ether oxygens (including phenoxy) is 2. The third-order valence-electron chi connectivity index (χ3n) is 2.89. The van der Waals surface area contributed by atoms with Gasteiger partial charge in [0.15, 0.2) is 6.29 Å². The highest BCUT2D eigenvalue weighted by Gasteiger charge is 2.04. The Balaban J connectivity index is 0. The first kappa shape index (κ1) is 26.8. The Labute approximate surface area is 161 Å². The molecular formula is C19H33N3O5. The maximum atomic E-state index is 11.2. The summed E-state index contributed by atoms with van der Waals surface area (Å²) in [6, 6.07) is 0. The quantitative estimate of drug-likeness (QED) is 0.251. The summed E-state index contributed by atoms with van der Waals surface area (Å²) in [5, 5.41) is 5.46. The fourth-order valence-corrected chi connectivity index (χ4v) is 1.40. The van der Waals surface area contributed by atoms with Gasteiger partial charge in [-0.05, 0) is 39.7 Å². The topological polar surface area (TPSA) is 120 Å². The van der Waals surface area contributed by atoms with Crippen molar-refractivity contribution >= 4 is 17.7 Å². The van der Waals surface area contributed by atoms with Gasteiger partial charge in [0.05, 0.1) is 13.2 Å².